The number of hydrogen-bond donors (Lipinski definition) is 1. The summed E-state index contributed by atoms with van der Waals surface area (Å²) in [6.45, 7) is 2.07. The predicted molar refractivity (Wildman–Crippen MR) is 64.9 cm³/mol. The van der Waals surface area contributed by atoms with Gasteiger partial charge in [-0.05, 0) is 25.3 Å². The minimum atomic E-state index is -0.0828. The van der Waals surface area contributed by atoms with Crippen LogP contribution < -0.4 is 0 Å². The maximum absolute atomic E-state index is 9.04. The molecule has 1 aromatic carbocycles. The maximum Gasteiger partial charge on any atom is 0.118 e. The van der Waals surface area contributed by atoms with Crippen LogP contribution in [0.1, 0.15) is 16.4 Å². The number of rotatable bonds is 2. The first-order valence-corrected chi connectivity index (χ1v) is 6.05. The normalized spacial score (nSPS) is 12.6. The van der Waals surface area contributed by atoms with Gasteiger partial charge in [0.15, 0.2) is 0 Å². The Labute approximate surface area is 93.3 Å². The molecule has 0 bridgehead atoms. The molecule has 0 aliphatic carbocycles. The van der Waals surface area contributed by atoms with Gasteiger partial charge in [0.2, 0.25) is 0 Å². The van der Waals surface area contributed by atoms with Gasteiger partial charge in [-0.1, -0.05) is 11.6 Å². The molecule has 0 radical (unpaired) electrons. The lowest BCUT2D eigenvalue weighted by atomic mass is 10.1. The number of thioether (sulfide) groups is 1. The molecule has 0 saturated carbocycles. The number of fused-ring (bicyclic) bond motifs is 1. The van der Waals surface area contributed by atoms with Crippen LogP contribution in [0.3, 0.4) is 0 Å². The van der Waals surface area contributed by atoms with Crippen molar-refractivity contribution in [1.82, 2.24) is 4.98 Å². The number of aromatic amines is 1. The molecule has 1 atom stereocenters. The van der Waals surface area contributed by atoms with Gasteiger partial charge in [-0.15, -0.1) is 11.8 Å². The highest BCUT2D eigenvalue weighted by Crippen LogP contribution is 2.32. The number of hydrogen-bond acceptors (Lipinski definition) is 2. The zero-order valence-corrected chi connectivity index (χ0v) is 9.56. The van der Waals surface area contributed by atoms with Gasteiger partial charge in [0, 0.05) is 22.7 Å². The maximum atomic E-state index is 9.04. The molecule has 0 fully saturated rings. The Morgan fingerprint density at radius 1 is 1.47 bits per heavy atom. The van der Waals surface area contributed by atoms with E-state index in [0.29, 0.717) is 0 Å². The van der Waals surface area contributed by atoms with Crippen LogP contribution in [0, 0.1) is 18.3 Å². The van der Waals surface area contributed by atoms with E-state index in [1.807, 2.05) is 12.5 Å². The second-order valence-electron chi connectivity index (χ2n) is 3.54. The minimum absolute atomic E-state index is 0.0828. The van der Waals surface area contributed by atoms with Crippen LogP contribution in [-0.4, -0.2) is 11.2 Å². The number of nitrogens with zero attached hydrogens (tertiary/aromatic N) is 1. The summed E-state index contributed by atoms with van der Waals surface area (Å²) in [5, 5.41) is 10.1. The summed E-state index contributed by atoms with van der Waals surface area (Å²) in [6, 6.07) is 8.57. The summed E-state index contributed by atoms with van der Waals surface area (Å²) in [7, 11) is 0. The molecule has 2 rings (SSSR count). The fourth-order valence-electron chi connectivity index (χ4n) is 1.72. The summed E-state index contributed by atoms with van der Waals surface area (Å²) >= 11 is 1.57. The highest BCUT2D eigenvalue weighted by atomic mass is 32.2. The van der Waals surface area contributed by atoms with Crippen LogP contribution in [0.4, 0.5) is 0 Å². The van der Waals surface area contributed by atoms with E-state index in [2.05, 4.69) is 36.2 Å². The number of aryl methyl sites for hydroxylation is 1. The Kier molecular flexibility index (Phi) is 2.70. The van der Waals surface area contributed by atoms with E-state index in [1.54, 1.807) is 11.8 Å². The molecule has 0 aliphatic heterocycles. The summed E-state index contributed by atoms with van der Waals surface area (Å²) < 4.78 is 0. The predicted octanol–water partition coefficient (Wildman–Crippen LogP) is 3.40. The standard InChI is InChI=1S/C12H12N2S/c1-8-3-4-11-9(5-8)10(7-14-11)12(6-13)15-2/h3-5,7,12,14H,1-2H3. The van der Waals surface area contributed by atoms with Crippen molar-refractivity contribution in [1.29, 1.82) is 5.26 Å². The highest BCUT2D eigenvalue weighted by Gasteiger charge is 2.13. The minimum Gasteiger partial charge on any atom is -0.361 e. The SMILES string of the molecule is CSC(C#N)c1c[nH]c2ccc(C)cc12. The first kappa shape index (κ1) is 10.1. The fourth-order valence-corrected chi connectivity index (χ4v) is 2.28. The van der Waals surface area contributed by atoms with E-state index < -0.39 is 0 Å². The first-order valence-electron chi connectivity index (χ1n) is 4.76. The van der Waals surface area contributed by atoms with Crippen LogP contribution in [0.15, 0.2) is 24.4 Å². The summed E-state index contributed by atoms with van der Waals surface area (Å²) in [5.74, 6) is 0. The average molecular weight is 216 g/mol. The Hall–Kier alpha value is -1.40. The Morgan fingerprint density at radius 2 is 2.27 bits per heavy atom. The van der Waals surface area contributed by atoms with E-state index in [1.165, 1.54) is 5.56 Å². The first-order chi connectivity index (χ1) is 7.26. The van der Waals surface area contributed by atoms with E-state index in [0.717, 1.165) is 16.5 Å². The van der Waals surface area contributed by atoms with Crippen molar-refractivity contribution in [3.8, 4) is 6.07 Å². The number of nitriles is 1. The molecule has 1 N–H and O–H groups in total. The van der Waals surface area contributed by atoms with Crippen molar-refractivity contribution in [2.45, 2.75) is 12.2 Å². The van der Waals surface area contributed by atoms with Crippen molar-refractivity contribution >= 4 is 22.7 Å². The summed E-state index contributed by atoms with van der Waals surface area (Å²) in [5.41, 5.74) is 3.41. The molecule has 1 heterocycles. The van der Waals surface area contributed by atoms with Crippen LogP contribution in [0.5, 0.6) is 0 Å². The molecule has 3 heteroatoms. The third kappa shape index (κ3) is 1.73. The molecular weight excluding hydrogens is 204 g/mol. The Morgan fingerprint density at radius 3 is 2.93 bits per heavy atom. The van der Waals surface area contributed by atoms with Gasteiger partial charge in [0.05, 0.1) is 6.07 Å². The van der Waals surface area contributed by atoms with Gasteiger partial charge in [-0.25, -0.2) is 0 Å². The van der Waals surface area contributed by atoms with Gasteiger partial charge in [-0.2, -0.15) is 5.26 Å². The second-order valence-corrected chi connectivity index (χ2v) is 4.48. The van der Waals surface area contributed by atoms with E-state index in [4.69, 9.17) is 5.26 Å². The van der Waals surface area contributed by atoms with Crippen LogP contribution in [-0.2, 0) is 0 Å². The van der Waals surface area contributed by atoms with Crippen LogP contribution in [0.25, 0.3) is 10.9 Å². The lowest BCUT2D eigenvalue weighted by Gasteiger charge is -2.03. The molecule has 0 aliphatic rings. The van der Waals surface area contributed by atoms with E-state index >= 15 is 0 Å². The average Bonchev–Trinajstić information content (AvgIpc) is 2.64. The lowest BCUT2D eigenvalue weighted by Crippen LogP contribution is -1.87. The van der Waals surface area contributed by atoms with Crippen molar-refractivity contribution in [3.63, 3.8) is 0 Å². The summed E-state index contributed by atoms with van der Waals surface area (Å²) in [6.07, 6.45) is 3.90. The van der Waals surface area contributed by atoms with Crippen LogP contribution in [0.2, 0.25) is 0 Å². The molecule has 1 unspecified atom stereocenters. The molecule has 2 nitrogen and oxygen atoms in total. The van der Waals surface area contributed by atoms with Gasteiger partial charge >= 0.3 is 0 Å². The van der Waals surface area contributed by atoms with E-state index in [9.17, 15) is 0 Å². The molecule has 0 amide bonds. The molecule has 1 aromatic heterocycles. The zero-order valence-electron chi connectivity index (χ0n) is 8.74. The number of H-pyrrole nitrogens is 1. The molecular formula is C12H12N2S. The molecule has 0 spiro atoms. The largest absolute Gasteiger partial charge is 0.361 e. The topological polar surface area (TPSA) is 39.6 Å². The van der Waals surface area contributed by atoms with Gasteiger partial charge in [0.1, 0.15) is 5.25 Å². The number of nitrogens with one attached hydrogen (secondary N) is 1. The second kappa shape index (κ2) is 4.00. The number of aromatic nitrogens is 1. The Bertz CT molecular complexity index is 522. The van der Waals surface area contributed by atoms with Gasteiger partial charge < -0.3 is 4.98 Å². The fraction of sp³-hybridized carbons (Fsp3) is 0.250. The number of benzene rings is 1. The van der Waals surface area contributed by atoms with Crippen molar-refractivity contribution in [2.75, 3.05) is 6.26 Å². The van der Waals surface area contributed by atoms with Gasteiger partial charge in [0.25, 0.3) is 0 Å². The molecule has 15 heavy (non-hydrogen) atoms. The summed E-state index contributed by atoms with van der Waals surface area (Å²) in [4.78, 5) is 3.20. The molecule has 2 aromatic rings. The smallest absolute Gasteiger partial charge is 0.118 e. The zero-order chi connectivity index (χ0) is 10.8. The third-order valence-electron chi connectivity index (χ3n) is 2.50. The van der Waals surface area contributed by atoms with Crippen molar-refractivity contribution < 1.29 is 0 Å². The van der Waals surface area contributed by atoms with Gasteiger partial charge in [-0.3, -0.25) is 0 Å². The highest BCUT2D eigenvalue weighted by molar-refractivity contribution is 7.99. The quantitative estimate of drug-likeness (QED) is 0.835. The van der Waals surface area contributed by atoms with Crippen molar-refractivity contribution in [2.24, 2.45) is 0 Å². The molecule has 0 saturated heterocycles. The van der Waals surface area contributed by atoms with E-state index in [-0.39, 0.29) is 5.25 Å². The Balaban J connectivity index is 2.62. The molecule has 76 valence electrons. The lowest BCUT2D eigenvalue weighted by molar-refractivity contribution is 1.24. The van der Waals surface area contributed by atoms with Crippen molar-refractivity contribution in [3.05, 3.63) is 35.5 Å². The van der Waals surface area contributed by atoms with Crippen LogP contribution >= 0.6 is 11.8 Å². The monoisotopic (exact) mass is 216 g/mol. The third-order valence-corrected chi connectivity index (χ3v) is 3.34.